The Morgan fingerprint density at radius 1 is 1.40 bits per heavy atom. The van der Waals surface area contributed by atoms with Crippen LogP contribution in [-0.4, -0.2) is 20.8 Å². The topological polar surface area (TPSA) is 47.8 Å². The smallest absolute Gasteiger partial charge is 0.134 e. The van der Waals surface area contributed by atoms with Crippen molar-refractivity contribution in [3.63, 3.8) is 0 Å². The molecule has 0 N–H and O–H groups in total. The summed E-state index contributed by atoms with van der Waals surface area (Å²) in [4.78, 5) is 11.2. The fourth-order valence-corrected chi connectivity index (χ4v) is 1.41. The van der Waals surface area contributed by atoms with E-state index in [0.29, 0.717) is 19.4 Å². The molecule has 0 radical (unpaired) electrons. The van der Waals surface area contributed by atoms with Gasteiger partial charge < -0.3 is 0 Å². The standard InChI is InChI=1S/C11H17N3O/c1-4-9(15)7-8-14-11(6-3)10(5-2)12-13-14/h5-6H,4,7-8H2,1-3H3/b10-5+,11-6+. The van der Waals surface area contributed by atoms with E-state index in [1.165, 1.54) is 0 Å². The first kappa shape index (κ1) is 11.6. The van der Waals surface area contributed by atoms with Crippen LogP contribution in [0.25, 0.3) is 12.2 Å². The summed E-state index contributed by atoms with van der Waals surface area (Å²) < 4.78 is 1.78. The molecule has 82 valence electrons. The number of hydrogen-bond acceptors (Lipinski definition) is 3. The van der Waals surface area contributed by atoms with Crippen LogP contribution in [0.1, 0.15) is 33.6 Å². The van der Waals surface area contributed by atoms with Crippen LogP contribution in [0.2, 0.25) is 0 Å². The monoisotopic (exact) mass is 207 g/mol. The van der Waals surface area contributed by atoms with Crippen molar-refractivity contribution in [2.45, 2.75) is 40.2 Å². The van der Waals surface area contributed by atoms with Crippen molar-refractivity contribution < 1.29 is 4.79 Å². The Morgan fingerprint density at radius 2 is 2.13 bits per heavy atom. The second kappa shape index (κ2) is 5.44. The fraction of sp³-hybridized carbons (Fsp3) is 0.545. The lowest BCUT2D eigenvalue weighted by molar-refractivity contribution is -0.119. The van der Waals surface area contributed by atoms with Crippen molar-refractivity contribution in [2.75, 3.05) is 0 Å². The lowest BCUT2D eigenvalue weighted by Crippen LogP contribution is -2.30. The van der Waals surface area contributed by atoms with Crippen LogP contribution in [0.15, 0.2) is 0 Å². The number of ketones is 1. The number of rotatable bonds is 4. The van der Waals surface area contributed by atoms with Gasteiger partial charge in [0.25, 0.3) is 0 Å². The highest BCUT2D eigenvalue weighted by Crippen LogP contribution is 1.89. The minimum absolute atomic E-state index is 0.259. The van der Waals surface area contributed by atoms with E-state index in [9.17, 15) is 4.79 Å². The second-order valence-corrected chi connectivity index (χ2v) is 3.30. The number of hydrogen-bond donors (Lipinski definition) is 0. The molecule has 1 rings (SSSR count). The summed E-state index contributed by atoms with van der Waals surface area (Å²) in [6, 6.07) is 0. The van der Waals surface area contributed by atoms with Crippen LogP contribution in [0, 0.1) is 0 Å². The molecule has 0 aromatic carbocycles. The highest BCUT2D eigenvalue weighted by atomic mass is 16.1. The second-order valence-electron chi connectivity index (χ2n) is 3.30. The third kappa shape index (κ3) is 2.75. The van der Waals surface area contributed by atoms with Crippen LogP contribution >= 0.6 is 0 Å². The minimum Gasteiger partial charge on any atom is -0.300 e. The molecule has 0 saturated heterocycles. The Hall–Kier alpha value is -1.45. The Morgan fingerprint density at radius 3 is 2.67 bits per heavy atom. The molecule has 0 bridgehead atoms. The summed E-state index contributed by atoms with van der Waals surface area (Å²) in [6.45, 7) is 6.37. The first-order valence-corrected chi connectivity index (χ1v) is 5.26. The average Bonchev–Trinajstić information content (AvgIpc) is 2.67. The third-order valence-electron chi connectivity index (χ3n) is 2.34. The molecule has 0 spiro atoms. The molecule has 0 amide bonds. The van der Waals surface area contributed by atoms with Gasteiger partial charge in [-0.05, 0) is 13.8 Å². The summed E-state index contributed by atoms with van der Waals surface area (Å²) in [5.41, 5.74) is 0. The van der Waals surface area contributed by atoms with Crippen LogP contribution in [0.5, 0.6) is 0 Å². The van der Waals surface area contributed by atoms with Gasteiger partial charge in [-0.3, -0.25) is 4.79 Å². The van der Waals surface area contributed by atoms with Crippen molar-refractivity contribution in [3.05, 3.63) is 10.7 Å². The van der Waals surface area contributed by atoms with Gasteiger partial charge in [0.15, 0.2) is 0 Å². The largest absolute Gasteiger partial charge is 0.300 e. The first-order valence-electron chi connectivity index (χ1n) is 5.26. The van der Waals surface area contributed by atoms with Crippen molar-refractivity contribution in [2.24, 2.45) is 0 Å². The molecule has 1 heterocycles. The van der Waals surface area contributed by atoms with E-state index in [0.717, 1.165) is 10.7 Å². The van der Waals surface area contributed by atoms with Crippen LogP contribution in [0.4, 0.5) is 0 Å². The summed E-state index contributed by atoms with van der Waals surface area (Å²) in [5.74, 6) is 0.259. The molecule has 4 heteroatoms. The summed E-state index contributed by atoms with van der Waals surface area (Å²) in [6.07, 6.45) is 5.00. The average molecular weight is 207 g/mol. The van der Waals surface area contributed by atoms with Crippen LogP contribution in [-0.2, 0) is 11.3 Å². The van der Waals surface area contributed by atoms with Gasteiger partial charge in [0.05, 0.1) is 11.9 Å². The zero-order chi connectivity index (χ0) is 11.3. The molecular formula is C11H17N3O. The van der Waals surface area contributed by atoms with Gasteiger partial charge in [0.1, 0.15) is 11.1 Å². The van der Waals surface area contributed by atoms with Gasteiger partial charge >= 0.3 is 0 Å². The minimum atomic E-state index is 0.259. The molecule has 0 aliphatic rings. The lowest BCUT2D eigenvalue weighted by Gasteiger charge is -1.98. The van der Waals surface area contributed by atoms with Gasteiger partial charge in [0, 0.05) is 12.8 Å². The maximum Gasteiger partial charge on any atom is 0.134 e. The summed E-state index contributed by atoms with van der Waals surface area (Å²) >= 11 is 0. The van der Waals surface area contributed by atoms with Gasteiger partial charge in [-0.25, -0.2) is 4.68 Å². The third-order valence-corrected chi connectivity index (χ3v) is 2.34. The molecular weight excluding hydrogens is 190 g/mol. The maximum atomic E-state index is 11.2. The molecule has 4 nitrogen and oxygen atoms in total. The number of Topliss-reactive ketones (excluding diaryl/α,β-unsaturated/α-hetero) is 1. The zero-order valence-corrected chi connectivity index (χ0v) is 9.53. The predicted molar refractivity (Wildman–Crippen MR) is 59.5 cm³/mol. The molecule has 1 aromatic rings. The summed E-state index contributed by atoms with van der Waals surface area (Å²) in [5, 5.41) is 9.90. The Labute approximate surface area is 89.3 Å². The molecule has 0 aliphatic carbocycles. The number of nitrogens with zero attached hydrogens (tertiary/aromatic N) is 3. The van der Waals surface area contributed by atoms with E-state index < -0.39 is 0 Å². The van der Waals surface area contributed by atoms with Crippen LogP contribution in [0.3, 0.4) is 0 Å². The molecule has 0 atom stereocenters. The van der Waals surface area contributed by atoms with Gasteiger partial charge in [-0.1, -0.05) is 24.3 Å². The van der Waals surface area contributed by atoms with E-state index in [4.69, 9.17) is 0 Å². The number of carbonyl (C=O) groups excluding carboxylic acids is 1. The molecule has 0 saturated carbocycles. The number of aryl methyl sites for hydroxylation is 1. The van der Waals surface area contributed by atoms with E-state index in [1.807, 2.05) is 32.9 Å². The Kier molecular flexibility index (Phi) is 4.21. The van der Waals surface area contributed by atoms with Gasteiger partial charge in [-0.15, -0.1) is 5.10 Å². The van der Waals surface area contributed by atoms with E-state index >= 15 is 0 Å². The van der Waals surface area contributed by atoms with Crippen molar-refractivity contribution in [1.82, 2.24) is 15.0 Å². The van der Waals surface area contributed by atoms with Crippen molar-refractivity contribution in [3.8, 4) is 0 Å². The fourth-order valence-electron chi connectivity index (χ4n) is 1.41. The maximum absolute atomic E-state index is 11.2. The Bertz CT molecular complexity index is 445. The van der Waals surface area contributed by atoms with Crippen molar-refractivity contribution in [1.29, 1.82) is 0 Å². The molecule has 0 aliphatic heterocycles. The van der Waals surface area contributed by atoms with Gasteiger partial charge in [0.2, 0.25) is 0 Å². The molecule has 15 heavy (non-hydrogen) atoms. The first-order chi connectivity index (χ1) is 7.22. The molecule has 0 fully saturated rings. The predicted octanol–water partition coefficient (Wildman–Crippen LogP) is 0.248. The number of carbonyl (C=O) groups is 1. The van der Waals surface area contributed by atoms with E-state index in [2.05, 4.69) is 10.3 Å². The SMILES string of the molecule is C/C=c1/nnn(CCC(=O)CC)/c1=C/C. The van der Waals surface area contributed by atoms with E-state index in [-0.39, 0.29) is 5.78 Å². The molecule has 0 unspecified atom stereocenters. The quantitative estimate of drug-likeness (QED) is 0.711. The molecule has 1 aromatic heterocycles. The van der Waals surface area contributed by atoms with Gasteiger partial charge in [-0.2, -0.15) is 0 Å². The normalized spacial score (nSPS) is 13.5. The highest BCUT2D eigenvalue weighted by Gasteiger charge is 2.02. The zero-order valence-electron chi connectivity index (χ0n) is 9.53. The Balaban J connectivity index is 2.88. The summed E-state index contributed by atoms with van der Waals surface area (Å²) in [7, 11) is 0. The highest BCUT2D eigenvalue weighted by molar-refractivity contribution is 5.77. The van der Waals surface area contributed by atoms with Crippen LogP contribution < -0.4 is 10.7 Å². The van der Waals surface area contributed by atoms with E-state index in [1.54, 1.807) is 4.68 Å². The number of aromatic nitrogens is 3. The lowest BCUT2D eigenvalue weighted by atomic mass is 10.2. The van der Waals surface area contributed by atoms with Crippen molar-refractivity contribution >= 4 is 17.9 Å².